The summed E-state index contributed by atoms with van der Waals surface area (Å²) in [5.74, 6) is 0.384. The van der Waals surface area contributed by atoms with Gasteiger partial charge in [0.05, 0.1) is 0 Å². The van der Waals surface area contributed by atoms with Crippen LogP contribution in [-0.2, 0) is 4.79 Å². The number of halogens is 1. The standard InChI is InChI=1S/C16H34IOP/c1-5-8-12-19(17,13-9-6-2,14-10-7-3)15-11-16(4)18/h5-15H2,1-4H3. The molecule has 0 rings (SSSR count). The van der Waals surface area contributed by atoms with Gasteiger partial charge in [-0.25, -0.2) is 0 Å². The quantitative estimate of drug-likeness (QED) is 0.279. The summed E-state index contributed by atoms with van der Waals surface area (Å²) in [6.45, 7) is 8.64. The van der Waals surface area contributed by atoms with E-state index in [4.69, 9.17) is 0 Å². The molecule has 0 aliphatic carbocycles. The van der Waals surface area contributed by atoms with Crippen molar-refractivity contribution in [1.29, 1.82) is 0 Å². The Kier molecular flexibility index (Phi) is 10.1. The molecule has 0 saturated carbocycles. The Morgan fingerprint density at radius 1 is 0.842 bits per heavy atom. The van der Waals surface area contributed by atoms with Crippen LogP contribution in [0.15, 0.2) is 0 Å². The summed E-state index contributed by atoms with van der Waals surface area (Å²) < 4.78 is -1.66. The first-order chi connectivity index (χ1) is 8.90. The van der Waals surface area contributed by atoms with Crippen molar-refractivity contribution in [3.8, 4) is 0 Å². The van der Waals surface area contributed by atoms with Gasteiger partial charge in [-0.2, -0.15) is 0 Å². The molecule has 19 heavy (non-hydrogen) atoms. The van der Waals surface area contributed by atoms with Crippen molar-refractivity contribution in [3.63, 3.8) is 0 Å². The summed E-state index contributed by atoms with van der Waals surface area (Å²) in [6.07, 6.45) is 14.2. The third-order valence-electron chi connectivity index (χ3n) is 4.23. The van der Waals surface area contributed by atoms with Crippen molar-refractivity contribution < 1.29 is 4.79 Å². The fraction of sp³-hybridized carbons (Fsp3) is 0.938. The number of carbonyl (C=O) groups excluding carboxylic acids is 1. The molecule has 0 amide bonds. The van der Waals surface area contributed by atoms with Gasteiger partial charge in [0.25, 0.3) is 0 Å². The molecular formula is C16H34IOP. The minimum atomic E-state index is -1.66. The Labute approximate surface area is 134 Å². The van der Waals surface area contributed by atoms with Gasteiger partial charge >= 0.3 is 134 Å². The van der Waals surface area contributed by atoms with Gasteiger partial charge in [-0.1, -0.05) is 0 Å². The van der Waals surface area contributed by atoms with E-state index < -0.39 is 4.25 Å². The van der Waals surface area contributed by atoms with Gasteiger partial charge in [-0.3, -0.25) is 0 Å². The second kappa shape index (κ2) is 9.71. The van der Waals surface area contributed by atoms with Crippen LogP contribution in [0.3, 0.4) is 0 Å². The molecule has 0 aliphatic heterocycles. The van der Waals surface area contributed by atoms with E-state index in [-0.39, 0.29) is 0 Å². The second-order valence-corrected chi connectivity index (χ2v) is 19.8. The number of rotatable bonds is 12. The molecule has 0 heterocycles. The van der Waals surface area contributed by atoms with Gasteiger partial charge in [0, 0.05) is 0 Å². The van der Waals surface area contributed by atoms with E-state index in [2.05, 4.69) is 42.8 Å². The Balaban J connectivity index is 4.97. The first-order valence-electron chi connectivity index (χ1n) is 8.11. The van der Waals surface area contributed by atoms with E-state index in [1.807, 2.05) is 0 Å². The fourth-order valence-electron chi connectivity index (χ4n) is 2.77. The SMILES string of the molecule is CCCCP(I)(CCCC)(CCCC)CCC(C)=O. The Morgan fingerprint density at radius 2 is 1.21 bits per heavy atom. The minimum absolute atomic E-state index is 0.384. The molecule has 116 valence electrons. The molecule has 0 atom stereocenters. The van der Waals surface area contributed by atoms with Crippen molar-refractivity contribution in [3.05, 3.63) is 0 Å². The van der Waals surface area contributed by atoms with Gasteiger partial charge in [0.15, 0.2) is 0 Å². The molecule has 0 saturated heterocycles. The Morgan fingerprint density at radius 3 is 1.47 bits per heavy atom. The van der Waals surface area contributed by atoms with E-state index in [1.165, 1.54) is 63.2 Å². The van der Waals surface area contributed by atoms with Crippen molar-refractivity contribution in [2.24, 2.45) is 0 Å². The monoisotopic (exact) mass is 400 g/mol. The van der Waals surface area contributed by atoms with E-state index in [1.54, 1.807) is 6.92 Å². The first-order valence-corrected chi connectivity index (χ1v) is 13.9. The van der Waals surface area contributed by atoms with E-state index in [0.717, 1.165) is 6.42 Å². The Bertz CT molecular complexity index is 241. The average Bonchev–Trinajstić information content (AvgIpc) is 2.40. The zero-order valence-electron chi connectivity index (χ0n) is 13.5. The van der Waals surface area contributed by atoms with Crippen LogP contribution in [0.1, 0.15) is 72.6 Å². The summed E-state index contributed by atoms with van der Waals surface area (Å²) in [5.41, 5.74) is 0. The average molecular weight is 400 g/mol. The number of carbonyl (C=O) groups is 1. The molecular weight excluding hydrogens is 366 g/mol. The van der Waals surface area contributed by atoms with Crippen LogP contribution in [-0.4, -0.2) is 30.4 Å². The summed E-state index contributed by atoms with van der Waals surface area (Å²) in [5, 5.41) is 0. The summed E-state index contributed by atoms with van der Waals surface area (Å²) in [6, 6.07) is 0. The maximum absolute atomic E-state index is 11.5. The maximum atomic E-state index is 11.5. The summed E-state index contributed by atoms with van der Waals surface area (Å²) in [4.78, 5) is 11.5. The van der Waals surface area contributed by atoms with Crippen LogP contribution in [0.5, 0.6) is 0 Å². The first kappa shape index (κ1) is 19.8. The molecule has 1 nitrogen and oxygen atoms in total. The number of unbranched alkanes of at least 4 members (excludes halogenated alkanes) is 3. The van der Waals surface area contributed by atoms with Gasteiger partial charge < -0.3 is 0 Å². The second-order valence-electron chi connectivity index (χ2n) is 6.23. The predicted molar refractivity (Wildman–Crippen MR) is 100 cm³/mol. The van der Waals surface area contributed by atoms with Crippen molar-refractivity contribution in [2.45, 2.75) is 72.6 Å². The van der Waals surface area contributed by atoms with Gasteiger partial charge in [-0.05, 0) is 0 Å². The topological polar surface area (TPSA) is 17.1 Å². The third kappa shape index (κ3) is 7.99. The molecule has 0 bridgehead atoms. The molecule has 0 aromatic rings. The molecule has 0 fully saturated rings. The number of hydrogen-bond donors (Lipinski definition) is 0. The molecule has 0 N–H and O–H groups in total. The van der Waals surface area contributed by atoms with Crippen LogP contribution in [0, 0.1) is 0 Å². The molecule has 0 spiro atoms. The van der Waals surface area contributed by atoms with Gasteiger partial charge in [-0.15, -0.1) is 0 Å². The molecule has 0 aromatic heterocycles. The van der Waals surface area contributed by atoms with Gasteiger partial charge in [0.2, 0.25) is 0 Å². The van der Waals surface area contributed by atoms with Crippen LogP contribution in [0.2, 0.25) is 0 Å². The zero-order chi connectivity index (χ0) is 14.8. The normalized spacial score (nSPS) is 14.1. The van der Waals surface area contributed by atoms with E-state index in [9.17, 15) is 4.79 Å². The molecule has 0 radical (unpaired) electrons. The Hall–Kier alpha value is 0.830. The number of hydrogen-bond acceptors (Lipinski definition) is 1. The molecule has 3 heteroatoms. The van der Waals surface area contributed by atoms with E-state index in [0.29, 0.717) is 5.78 Å². The van der Waals surface area contributed by atoms with Crippen LogP contribution in [0.4, 0.5) is 0 Å². The van der Waals surface area contributed by atoms with Crippen molar-refractivity contribution in [1.82, 2.24) is 0 Å². The van der Waals surface area contributed by atoms with Crippen molar-refractivity contribution in [2.75, 3.05) is 24.6 Å². The third-order valence-corrected chi connectivity index (χ3v) is 15.7. The van der Waals surface area contributed by atoms with Crippen LogP contribution >= 0.6 is 26.3 Å². The fourth-order valence-corrected chi connectivity index (χ4v) is 12.1. The van der Waals surface area contributed by atoms with Crippen LogP contribution in [0.25, 0.3) is 0 Å². The molecule has 0 aromatic carbocycles. The van der Waals surface area contributed by atoms with Crippen LogP contribution < -0.4 is 0 Å². The number of ketones is 1. The van der Waals surface area contributed by atoms with E-state index >= 15 is 0 Å². The van der Waals surface area contributed by atoms with Gasteiger partial charge in [0.1, 0.15) is 0 Å². The molecule has 0 aliphatic rings. The van der Waals surface area contributed by atoms with Crippen molar-refractivity contribution >= 4 is 32.1 Å². The molecule has 0 unspecified atom stereocenters. The summed E-state index contributed by atoms with van der Waals surface area (Å²) in [7, 11) is 0. The predicted octanol–water partition coefficient (Wildman–Crippen LogP) is 6.27. The zero-order valence-corrected chi connectivity index (χ0v) is 16.6. The summed E-state index contributed by atoms with van der Waals surface area (Å²) >= 11 is 2.89. The number of Topliss-reactive ketones (excluding diaryl/α,β-unsaturated/α-hetero) is 1.